The Hall–Kier alpha value is -1.90. The molecule has 4 rings (SSSR count). The summed E-state index contributed by atoms with van der Waals surface area (Å²) in [6.07, 6.45) is 14.4. The first-order valence-corrected chi connectivity index (χ1v) is 11.5. The Morgan fingerprint density at radius 1 is 0.862 bits per heavy atom. The van der Waals surface area contributed by atoms with Crippen LogP contribution in [0.15, 0.2) is 48.5 Å². The molecule has 2 aromatic rings. The van der Waals surface area contributed by atoms with Crippen LogP contribution >= 0.6 is 0 Å². The molecule has 1 unspecified atom stereocenters. The molecule has 2 nitrogen and oxygen atoms in total. The van der Waals surface area contributed by atoms with Gasteiger partial charge in [-0.2, -0.15) is 0 Å². The van der Waals surface area contributed by atoms with Gasteiger partial charge in [-0.05, 0) is 79.2 Å². The van der Waals surface area contributed by atoms with Gasteiger partial charge in [0.05, 0.1) is 0 Å². The number of rotatable bonds is 9. The van der Waals surface area contributed by atoms with E-state index in [-0.39, 0.29) is 6.29 Å². The molecule has 1 saturated heterocycles. The van der Waals surface area contributed by atoms with Gasteiger partial charge in [-0.25, -0.2) is 0 Å². The topological polar surface area (TPSA) is 18.5 Å². The number of allylic oxidation sites excluding steroid dienone is 1. The molecule has 0 bridgehead atoms. The maximum atomic E-state index is 5.85. The van der Waals surface area contributed by atoms with Gasteiger partial charge in [0.1, 0.15) is 0 Å². The van der Waals surface area contributed by atoms with Crippen LogP contribution in [-0.2, 0) is 22.3 Å². The second-order valence-corrected chi connectivity index (χ2v) is 8.36. The average Bonchev–Trinajstić information content (AvgIpc) is 2.79. The molecule has 1 aliphatic carbocycles. The van der Waals surface area contributed by atoms with Gasteiger partial charge in [0.25, 0.3) is 0 Å². The molecule has 1 fully saturated rings. The van der Waals surface area contributed by atoms with Crippen molar-refractivity contribution >= 4 is 11.6 Å². The van der Waals surface area contributed by atoms with Crippen LogP contribution in [0.1, 0.15) is 73.6 Å². The molecule has 1 atom stereocenters. The van der Waals surface area contributed by atoms with Crippen LogP contribution in [0.4, 0.5) is 0 Å². The van der Waals surface area contributed by atoms with Crippen molar-refractivity contribution in [1.29, 1.82) is 0 Å². The number of ether oxygens (including phenoxy) is 2. The van der Waals surface area contributed by atoms with Crippen molar-refractivity contribution in [1.82, 2.24) is 0 Å². The molecule has 2 aromatic carbocycles. The van der Waals surface area contributed by atoms with Crippen molar-refractivity contribution in [3.63, 3.8) is 0 Å². The summed E-state index contributed by atoms with van der Waals surface area (Å²) in [4.78, 5) is 0. The standard InChI is InChI=1S/C27H34O2/c1(2-8-19-28-27-16-7-9-20-29-27)4-13-23-14-10-15-24-17-18-25(21-26(23)24)22-11-5-3-6-12-22/h3,5-6,10-12,14-15,21,27H,1-2,4,7-9,13,16-20H2. The summed E-state index contributed by atoms with van der Waals surface area (Å²) >= 11 is 0. The molecule has 154 valence electrons. The van der Waals surface area contributed by atoms with Gasteiger partial charge in [-0.3, -0.25) is 0 Å². The number of unbranched alkanes of at least 4 members (excludes halogenated alkanes) is 3. The summed E-state index contributed by atoms with van der Waals surface area (Å²) in [5.41, 5.74) is 7.36. The monoisotopic (exact) mass is 390 g/mol. The first-order chi connectivity index (χ1) is 14.4. The minimum Gasteiger partial charge on any atom is -0.353 e. The zero-order valence-corrected chi connectivity index (χ0v) is 17.6. The first kappa shape index (κ1) is 20.4. The van der Waals surface area contributed by atoms with E-state index in [0.29, 0.717) is 0 Å². The number of aryl methyl sites for hydroxylation is 2. The van der Waals surface area contributed by atoms with Crippen molar-refractivity contribution in [2.75, 3.05) is 13.2 Å². The van der Waals surface area contributed by atoms with Crippen LogP contribution in [0.25, 0.3) is 11.6 Å². The highest BCUT2D eigenvalue weighted by Gasteiger charge is 2.15. The Kier molecular flexibility index (Phi) is 7.56. The smallest absolute Gasteiger partial charge is 0.157 e. The van der Waals surface area contributed by atoms with E-state index >= 15 is 0 Å². The molecule has 0 N–H and O–H groups in total. The van der Waals surface area contributed by atoms with Crippen molar-refractivity contribution < 1.29 is 9.47 Å². The van der Waals surface area contributed by atoms with Gasteiger partial charge < -0.3 is 9.47 Å². The van der Waals surface area contributed by atoms with Gasteiger partial charge in [-0.1, -0.05) is 67.4 Å². The molecule has 0 amide bonds. The SMILES string of the molecule is C1=C(c2ccccc2)CCc2cccc(CCCCCCOC3CCCCO3)c21. The minimum atomic E-state index is 0.0604. The third kappa shape index (κ3) is 5.81. The number of fused-ring (bicyclic) bond motifs is 1. The third-order valence-corrected chi connectivity index (χ3v) is 6.20. The van der Waals surface area contributed by atoms with Gasteiger partial charge in [0.2, 0.25) is 0 Å². The Balaban J connectivity index is 1.25. The van der Waals surface area contributed by atoms with Crippen molar-refractivity contribution in [2.24, 2.45) is 0 Å². The van der Waals surface area contributed by atoms with Gasteiger partial charge in [0, 0.05) is 13.2 Å². The van der Waals surface area contributed by atoms with Crippen LogP contribution in [0, 0.1) is 0 Å². The predicted octanol–water partition coefficient (Wildman–Crippen LogP) is 6.82. The fourth-order valence-corrected chi connectivity index (χ4v) is 4.51. The Morgan fingerprint density at radius 3 is 2.62 bits per heavy atom. The molecule has 0 radical (unpaired) electrons. The molecule has 1 heterocycles. The molecular weight excluding hydrogens is 356 g/mol. The van der Waals surface area contributed by atoms with E-state index in [1.165, 1.54) is 66.4 Å². The lowest BCUT2D eigenvalue weighted by atomic mass is 9.85. The summed E-state index contributed by atoms with van der Waals surface area (Å²) in [6, 6.07) is 17.7. The Bertz CT molecular complexity index is 787. The Labute approximate surface area is 175 Å². The quantitative estimate of drug-likeness (QED) is 0.437. The second kappa shape index (κ2) is 10.8. The molecule has 0 spiro atoms. The third-order valence-electron chi connectivity index (χ3n) is 6.20. The van der Waals surface area contributed by atoms with Crippen molar-refractivity contribution in [2.45, 2.75) is 70.5 Å². The lowest BCUT2D eigenvalue weighted by molar-refractivity contribution is -0.162. The molecule has 29 heavy (non-hydrogen) atoms. The Morgan fingerprint density at radius 2 is 1.76 bits per heavy atom. The van der Waals surface area contributed by atoms with E-state index in [2.05, 4.69) is 54.6 Å². The highest BCUT2D eigenvalue weighted by atomic mass is 16.7. The average molecular weight is 391 g/mol. The fourth-order valence-electron chi connectivity index (χ4n) is 4.51. The van der Waals surface area contributed by atoms with Crippen LogP contribution in [0.5, 0.6) is 0 Å². The number of hydrogen-bond acceptors (Lipinski definition) is 2. The van der Waals surface area contributed by atoms with Crippen molar-refractivity contribution in [3.05, 3.63) is 70.8 Å². The number of benzene rings is 2. The maximum absolute atomic E-state index is 5.85. The summed E-state index contributed by atoms with van der Waals surface area (Å²) in [7, 11) is 0. The lowest BCUT2D eigenvalue weighted by Crippen LogP contribution is -2.22. The molecule has 2 aliphatic rings. The van der Waals surface area contributed by atoms with Crippen LogP contribution in [0.3, 0.4) is 0 Å². The predicted molar refractivity (Wildman–Crippen MR) is 121 cm³/mol. The van der Waals surface area contributed by atoms with Gasteiger partial charge in [-0.15, -0.1) is 0 Å². The highest BCUT2D eigenvalue weighted by molar-refractivity contribution is 5.85. The van der Waals surface area contributed by atoms with E-state index in [1.807, 2.05) is 0 Å². The zero-order chi connectivity index (χ0) is 19.7. The second-order valence-electron chi connectivity index (χ2n) is 8.36. The largest absolute Gasteiger partial charge is 0.353 e. The summed E-state index contributed by atoms with van der Waals surface area (Å²) in [6.45, 7) is 1.71. The van der Waals surface area contributed by atoms with Crippen molar-refractivity contribution in [3.8, 4) is 0 Å². The number of hydrogen-bond donors (Lipinski definition) is 0. The maximum Gasteiger partial charge on any atom is 0.157 e. The molecule has 1 aliphatic heterocycles. The normalized spacial score (nSPS) is 18.9. The van der Waals surface area contributed by atoms with Crippen LogP contribution in [0.2, 0.25) is 0 Å². The van der Waals surface area contributed by atoms with E-state index in [0.717, 1.165) is 38.9 Å². The van der Waals surface area contributed by atoms with E-state index in [4.69, 9.17) is 9.47 Å². The molecule has 0 aromatic heterocycles. The fraction of sp³-hybridized carbons (Fsp3) is 0.481. The van der Waals surface area contributed by atoms with Gasteiger partial charge in [0.15, 0.2) is 6.29 Å². The molecular formula is C27H34O2. The van der Waals surface area contributed by atoms with E-state index in [1.54, 1.807) is 0 Å². The molecule has 0 saturated carbocycles. The van der Waals surface area contributed by atoms with E-state index < -0.39 is 0 Å². The van der Waals surface area contributed by atoms with E-state index in [9.17, 15) is 0 Å². The van der Waals surface area contributed by atoms with Gasteiger partial charge >= 0.3 is 0 Å². The highest BCUT2D eigenvalue weighted by Crippen LogP contribution is 2.32. The summed E-state index contributed by atoms with van der Waals surface area (Å²) < 4.78 is 11.5. The zero-order valence-electron chi connectivity index (χ0n) is 17.6. The van der Waals surface area contributed by atoms with Crippen LogP contribution in [-0.4, -0.2) is 19.5 Å². The minimum absolute atomic E-state index is 0.0604. The summed E-state index contributed by atoms with van der Waals surface area (Å²) in [5.74, 6) is 0. The molecule has 2 heteroatoms. The first-order valence-electron chi connectivity index (χ1n) is 11.5. The van der Waals surface area contributed by atoms with Crippen LogP contribution < -0.4 is 0 Å². The lowest BCUT2D eigenvalue weighted by Gasteiger charge is -2.22. The summed E-state index contributed by atoms with van der Waals surface area (Å²) in [5, 5.41) is 0.